The molecule has 2 heterocycles. The second kappa shape index (κ2) is 4.11. The maximum Gasteiger partial charge on any atom is 0.169 e. The molecule has 0 saturated carbocycles. The lowest BCUT2D eigenvalue weighted by molar-refractivity contribution is 0.0906. The van der Waals surface area contributed by atoms with Crippen LogP contribution in [0.1, 0.15) is 22.8 Å². The van der Waals surface area contributed by atoms with Crippen LogP contribution in [-0.4, -0.2) is 23.9 Å². The zero-order chi connectivity index (χ0) is 10.8. The first-order valence-corrected chi connectivity index (χ1v) is 5.35. The van der Waals surface area contributed by atoms with Crippen LogP contribution < -0.4 is 5.32 Å². The van der Waals surface area contributed by atoms with Gasteiger partial charge in [0.1, 0.15) is 0 Å². The standard InChI is InChI=1S/C12H16N2O/c1-8-3-4-13-6-10(8)12(15)11-7-14-5-9(11)2/h3-4,6,9,11,14H,5,7H2,1-2H3. The molecule has 2 rings (SSSR count). The van der Waals surface area contributed by atoms with E-state index in [0.29, 0.717) is 5.92 Å². The molecule has 1 aromatic heterocycles. The van der Waals surface area contributed by atoms with E-state index in [1.54, 1.807) is 12.4 Å². The molecule has 3 nitrogen and oxygen atoms in total. The lowest BCUT2D eigenvalue weighted by atomic mass is 9.89. The number of nitrogens with one attached hydrogen (secondary N) is 1. The molecule has 0 aromatic carbocycles. The lowest BCUT2D eigenvalue weighted by Gasteiger charge is -2.13. The fourth-order valence-corrected chi connectivity index (χ4v) is 2.08. The van der Waals surface area contributed by atoms with E-state index in [-0.39, 0.29) is 11.7 Å². The van der Waals surface area contributed by atoms with E-state index >= 15 is 0 Å². The Morgan fingerprint density at radius 1 is 1.53 bits per heavy atom. The van der Waals surface area contributed by atoms with Crippen molar-refractivity contribution in [2.75, 3.05) is 13.1 Å². The Balaban J connectivity index is 2.24. The summed E-state index contributed by atoms with van der Waals surface area (Å²) in [5, 5.41) is 3.25. The summed E-state index contributed by atoms with van der Waals surface area (Å²) in [6.07, 6.45) is 3.41. The topological polar surface area (TPSA) is 42.0 Å². The summed E-state index contributed by atoms with van der Waals surface area (Å²) in [5.41, 5.74) is 1.80. The van der Waals surface area contributed by atoms with Gasteiger partial charge in [-0.1, -0.05) is 6.92 Å². The minimum Gasteiger partial charge on any atom is -0.316 e. The normalized spacial score (nSPS) is 25.5. The fourth-order valence-electron chi connectivity index (χ4n) is 2.08. The molecule has 0 radical (unpaired) electrons. The van der Waals surface area contributed by atoms with Gasteiger partial charge in [-0.25, -0.2) is 0 Å². The minimum absolute atomic E-state index is 0.118. The second-order valence-electron chi connectivity index (χ2n) is 4.30. The second-order valence-corrected chi connectivity index (χ2v) is 4.30. The number of hydrogen-bond donors (Lipinski definition) is 1. The summed E-state index contributed by atoms with van der Waals surface area (Å²) in [6, 6.07) is 1.89. The number of nitrogens with zero attached hydrogens (tertiary/aromatic N) is 1. The molecule has 0 bridgehead atoms. The molecule has 0 spiro atoms. The largest absolute Gasteiger partial charge is 0.316 e. The van der Waals surface area contributed by atoms with Crippen molar-refractivity contribution in [2.24, 2.45) is 11.8 Å². The molecular formula is C12H16N2O. The highest BCUT2D eigenvalue weighted by atomic mass is 16.1. The van der Waals surface area contributed by atoms with Crippen molar-refractivity contribution in [3.8, 4) is 0 Å². The number of aromatic nitrogens is 1. The molecule has 1 N–H and O–H groups in total. The number of pyridine rings is 1. The Hall–Kier alpha value is -1.22. The zero-order valence-corrected chi connectivity index (χ0v) is 9.16. The first-order valence-electron chi connectivity index (χ1n) is 5.35. The van der Waals surface area contributed by atoms with Gasteiger partial charge in [-0.05, 0) is 31.0 Å². The number of rotatable bonds is 2. The van der Waals surface area contributed by atoms with Crippen LogP contribution >= 0.6 is 0 Å². The Labute approximate surface area is 89.9 Å². The highest BCUT2D eigenvalue weighted by Crippen LogP contribution is 2.21. The summed E-state index contributed by atoms with van der Waals surface area (Å²) < 4.78 is 0. The highest BCUT2D eigenvalue weighted by Gasteiger charge is 2.30. The van der Waals surface area contributed by atoms with Gasteiger partial charge in [-0.15, -0.1) is 0 Å². The molecule has 80 valence electrons. The fraction of sp³-hybridized carbons (Fsp3) is 0.500. The predicted molar refractivity (Wildman–Crippen MR) is 58.8 cm³/mol. The van der Waals surface area contributed by atoms with Gasteiger partial charge < -0.3 is 5.32 Å². The van der Waals surface area contributed by atoms with Gasteiger partial charge in [0.25, 0.3) is 0 Å². The van der Waals surface area contributed by atoms with E-state index in [2.05, 4.69) is 17.2 Å². The zero-order valence-electron chi connectivity index (χ0n) is 9.16. The molecule has 0 aliphatic carbocycles. The van der Waals surface area contributed by atoms with Gasteiger partial charge in [-0.3, -0.25) is 9.78 Å². The van der Waals surface area contributed by atoms with Crippen LogP contribution in [0.3, 0.4) is 0 Å². The maximum absolute atomic E-state index is 12.2. The molecule has 1 aliphatic rings. The average Bonchev–Trinajstić information content (AvgIpc) is 2.64. The summed E-state index contributed by atoms with van der Waals surface area (Å²) in [7, 11) is 0. The van der Waals surface area contributed by atoms with Gasteiger partial charge in [0, 0.05) is 30.4 Å². The molecule has 1 aliphatic heterocycles. The van der Waals surface area contributed by atoms with Crippen LogP contribution in [0, 0.1) is 18.8 Å². The molecule has 2 unspecified atom stereocenters. The van der Waals surface area contributed by atoms with Crippen molar-refractivity contribution in [3.63, 3.8) is 0 Å². The van der Waals surface area contributed by atoms with E-state index in [4.69, 9.17) is 0 Å². The summed E-state index contributed by atoms with van der Waals surface area (Å²) in [6.45, 7) is 5.82. The van der Waals surface area contributed by atoms with Crippen molar-refractivity contribution < 1.29 is 4.79 Å². The highest BCUT2D eigenvalue weighted by molar-refractivity contribution is 5.99. The van der Waals surface area contributed by atoms with E-state index < -0.39 is 0 Å². The third kappa shape index (κ3) is 1.92. The predicted octanol–water partition coefficient (Wildman–Crippen LogP) is 1.43. The van der Waals surface area contributed by atoms with Gasteiger partial charge in [0.05, 0.1) is 0 Å². The quantitative estimate of drug-likeness (QED) is 0.741. The number of ketones is 1. The maximum atomic E-state index is 12.2. The van der Waals surface area contributed by atoms with Crippen LogP contribution in [0.15, 0.2) is 18.5 Å². The average molecular weight is 204 g/mol. The molecule has 2 atom stereocenters. The van der Waals surface area contributed by atoms with Crippen LogP contribution in [0.25, 0.3) is 0 Å². The third-order valence-corrected chi connectivity index (χ3v) is 3.16. The monoisotopic (exact) mass is 204 g/mol. The number of Topliss-reactive ketones (excluding diaryl/α,β-unsaturated/α-hetero) is 1. The Kier molecular flexibility index (Phi) is 2.82. The minimum atomic E-state index is 0.118. The van der Waals surface area contributed by atoms with Gasteiger partial charge in [-0.2, -0.15) is 0 Å². The van der Waals surface area contributed by atoms with E-state index in [9.17, 15) is 4.79 Å². The lowest BCUT2D eigenvalue weighted by Crippen LogP contribution is -2.22. The Bertz CT molecular complexity index is 376. The molecule has 15 heavy (non-hydrogen) atoms. The third-order valence-electron chi connectivity index (χ3n) is 3.16. The first kappa shape index (κ1) is 10.3. The van der Waals surface area contributed by atoms with Crippen molar-refractivity contribution in [2.45, 2.75) is 13.8 Å². The number of carbonyl (C=O) groups is 1. The molecule has 3 heteroatoms. The Morgan fingerprint density at radius 3 is 2.93 bits per heavy atom. The van der Waals surface area contributed by atoms with Crippen LogP contribution in [0.2, 0.25) is 0 Å². The Morgan fingerprint density at radius 2 is 2.33 bits per heavy atom. The smallest absolute Gasteiger partial charge is 0.169 e. The van der Waals surface area contributed by atoms with Gasteiger partial charge >= 0.3 is 0 Å². The molecule has 1 saturated heterocycles. The van der Waals surface area contributed by atoms with Crippen LogP contribution in [0.4, 0.5) is 0 Å². The molecule has 0 amide bonds. The summed E-state index contributed by atoms with van der Waals surface area (Å²) >= 11 is 0. The number of aryl methyl sites for hydroxylation is 1. The van der Waals surface area contributed by atoms with E-state index in [1.807, 2.05) is 13.0 Å². The summed E-state index contributed by atoms with van der Waals surface area (Å²) in [5.74, 6) is 0.781. The molecule has 1 fully saturated rings. The molecular weight excluding hydrogens is 188 g/mol. The summed E-state index contributed by atoms with van der Waals surface area (Å²) in [4.78, 5) is 16.2. The van der Waals surface area contributed by atoms with E-state index in [1.165, 1.54) is 0 Å². The van der Waals surface area contributed by atoms with E-state index in [0.717, 1.165) is 24.2 Å². The number of carbonyl (C=O) groups excluding carboxylic acids is 1. The molecule has 1 aromatic rings. The van der Waals surface area contributed by atoms with Crippen LogP contribution in [0.5, 0.6) is 0 Å². The number of hydrogen-bond acceptors (Lipinski definition) is 3. The van der Waals surface area contributed by atoms with Crippen molar-refractivity contribution in [3.05, 3.63) is 29.6 Å². The van der Waals surface area contributed by atoms with Crippen molar-refractivity contribution >= 4 is 5.78 Å². The van der Waals surface area contributed by atoms with Crippen molar-refractivity contribution in [1.82, 2.24) is 10.3 Å². The van der Waals surface area contributed by atoms with Gasteiger partial charge in [0.2, 0.25) is 0 Å². The first-order chi connectivity index (χ1) is 7.20. The SMILES string of the molecule is Cc1ccncc1C(=O)C1CNCC1C. The van der Waals surface area contributed by atoms with Crippen LogP contribution in [-0.2, 0) is 0 Å². The van der Waals surface area contributed by atoms with Crippen molar-refractivity contribution in [1.29, 1.82) is 0 Å². The van der Waals surface area contributed by atoms with Gasteiger partial charge in [0.15, 0.2) is 5.78 Å².